The number of hydrogen-bond donors (Lipinski definition) is 1. The summed E-state index contributed by atoms with van der Waals surface area (Å²) < 4.78 is 0. The van der Waals surface area contributed by atoms with Crippen molar-refractivity contribution in [1.29, 1.82) is 0 Å². The molecule has 1 aliphatic heterocycles. The van der Waals surface area contributed by atoms with Gasteiger partial charge in [-0.25, -0.2) is 0 Å². The van der Waals surface area contributed by atoms with Crippen LogP contribution in [0.4, 0.5) is 0 Å². The van der Waals surface area contributed by atoms with Crippen LogP contribution in [-0.2, 0) is 4.79 Å². The zero-order valence-corrected chi connectivity index (χ0v) is 7.73. The largest absolute Gasteiger partial charge is 0.353 e. The number of hydrogen-bond acceptors (Lipinski definition) is 2. The molecule has 0 saturated carbocycles. The van der Waals surface area contributed by atoms with E-state index in [2.05, 4.69) is 23.7 Å². The van der Waals surface area contributed by atoms with Crippen molar-refractivity contribution in [3.8, 4) is 0 Å². The molecule has 0 aliphatic carbocycles. The van der Waals surface area contributed by atoms with Crippen LogP contribution in [0, 0.1) is 0 Å². The molecule has 64 valence electrons. The van der Waals surface area contributed by atoms with E-state index >= 15 is 0 Å². The third kappa shape index (κ3) is 1.25. The van der Waals surface area contributed by atoms with Gasteiger partial charge in [-0.05, 0) is 18.4 Å². The molecule has 1 N–H and O–H groups in total. The van der Waals surface area contributed by atoms with Gasteiger partial charge >= 0.3 is 0 Å². The fourth-order valence-electron chi connectivity index (χ4n) is 1.64. The predicted molar refractivity (Wildman–Crippen MR) is 49.3 cm³/mol. The maximum Gasteiger partial charge on any atom is 0.220 e. The second-order valence-corrected chi connectivity index (χ2v) is 4.16. The molecule has 12 heavy (non-hydrogen) atoms. The van der Waals surface area contributed by atoms with Crippen molar-refractivity contribution in [2.24, 2.45) is 0 Å². The molecule has 1 saturated heterocycles. The number of carbonyl (C=O) groups excluding carboxylic acids is 1. The van der Waals surface area contributed by atoms with Gasteiger partial charge in [0.25, 0.3) is 0 Å². The molecule has 1 aromatic heterocycles. The lowest BCUT2D eigenvalue weighted by molar-refractivity contribution is -0.119. The van der Waals surface area contributed by atoms with Crippen LogP contribution in [0.25, 0.3) is 0 Å². The van der Waals surface area contributed by atoms with Crippen LogP contribution in [0.5, 0.6) is 0 Å². The predicted octanol–water partition coefficient (Wildman–Crippen LogP) is 1.74. The van der Waals surface area contributed by atoms with Crippen LogP contribution >= 0.6 is 11.3 Å². The first-order chi connectivity index (χ1) is 5.77. The Morgan fingerprint density at radius 1 is 1.67 bits per heavy atom. The average Bonchev–Trinajstić information content (AvgIpc) is 2.58. The smallest absolute Gasteiger partial charge is 0.220 e. The number of thiophene rings is 1. The summed E-state index contributed by atoms with van der Waals surface area (Å²) in [7, 11) is 0. The monoisotopic (exact) mass is 181 g/mol. The Hall–Kier alpha value is -0.830. The number of nitrogens with one attached hydrogen (secondary N) is 1. The first kappa shape index (κ1) is 7.80. The molecule has 1 fully saturated rings. The third-order valence-electron chi connectivity index (χ3n) is 2.31. The average molecular weight is 181 g/mol. The zero-order chi connectivity index (χ0) is 8.55. The summed E-state index contributed by atoms with van der Waals surface area (Å²) in [6.45, 7) is 2.06. The van der Waals surface area contributed by atoms with Crippen molar-refractivity contribution in [2.45, 2.75) is 25.3 Å². The summed E-state index contributed by atoms with van der Waals surface area (Å²) in [5, 5.41) is 4.98. The number of carbonyl (C=O) groups is 1. The number of amides is 1. The molecule has 0 bridgehead atoms. The molecule has 0 aromatic carbocycles. The van der Waals surface area contributed by atoms with E-state index in [1.54, 1.807) is 11.3 Å². The minimum absolute atomic E-state index is 0.181. The van der Waals surface area contributed by atoms with Crippen molar-refractivity contribution >= 4 is 17.2 Å². The minimum atomic E-state index is 0.181. The Morgan fingerprint density at radius 2 is 2.50 bits per heavy atom. The molecule has 2 nitrogen and oxygen atoms in total. The van der Waals surface area contributed by atoms with E-state index in [0.717, 1.165) is 0 Å². The topological polar surface area (TPSA) is 29.1 Å². The van der Waals surface area contributed by atoms with Crippen LogP contribution in [-0.4, -0.2) is 11.9 Å². The Bertz CT molecular complexity index is 281. The van der Waals surface area contributed by atoms with E-state index in [0.29, 0.717) is 18.4 Å². The highest BCUT2D eigenvalue weighted by molar-refractivity contribution is 7.10. The van der Waals surface area contributed by atoms with Crippen molar-refractivity contribution in [3.63, 3.8) is 0 Å². The first-order valence-electron chi connectivity index (χ1n) is 4.10. The Kier molecular flexibility index (Phi) is 1.89. The summed E-state index contributed by atoms with van der Waals surface area (Å²) in [4.78, 5) is 12.4. The van der Waals surface area contributed by atoms with E-state index < -0.39 is 0 Å². The highest BCUT2D eigenvalue weighted by Crippen LogP contribution is 2.30. The molecule has 2 unspecified atom stereocenters. The fraction of sp³-hybridized carbons (Fsp3) is 0.444. The summed E-state index contributed by atoms with van der Waals surface area (Å²) in [5.41, 5.74) is 0. The molecule has 0 radical (unpaired) electrons. The summed E-state index contributed by atoms with van der Waals surface area (Å²) >= 11 is 1.73. The molecule has 2 atom stereocenters. The highest BCUT2D eigenvalue weighted by atomic mass is 32.1. The van der Waals surface area contributed by atoms with Gasteiger partial charge in [-0.1, -0.05) is 6.07 Å². The first-order valence-corrected chi connectivity index (χ1v) is 4.98. The van der Waals surface area contributed by atoms with Gasteiger partial charge in [0.2, 0.25) is 5.91 Å². The van der Waals surface area contributed by atoms with Crippen LogP contribution < -0.4 is 5.32 Å². The van der Waals surface area contributed by atoms with E-state index in [-0.39, 0.29) is 5.91 Å². The standard InChI is InChI=1S/C9H11NOS/c1-6-7(5-9(11)10-6)8-3-2-4-12-8/h2-4,6-7H,5H2,1H3,(H,10,11). The van der Waals surface area contributed by atoms with Crippen LogP contribution in [0.2, 0.25) is 0 Å². The van der Waals surface area contributed by atoms with Gasteiger partial charge in [-0.15, -0.1) is 11.3 Å². The second kappa shape index (κ2) is 2.90. The molecule has 2 heterocycles. The van der Waals surface area contributed by atoms with Gasteiger partial charge in [0.05, 0.1) is 0 Å². The maximum atomic E-state index is 11.1. The Morgan fingerprint density at radius 3 is 3.00 bits per heavy atom. The van der Waals surface area contributed by atoms with Crippen LogP contribution in [0.3, 0.4) is 0 Å². The molecule has 1 amide bonds. The molecular weight excluding hydrogens is 170 g/mol. The summed E-state index contributed by atoms with van der Waals surface area (Å²) in [5.74, 6) is 0.582. The third-order valence-corrected chi connectivity index (χ3v) is 3.31. The molecule has 2 rings (SSSR count). The molecule has 3 heteroatoms. The Labute approximate surface area is 75.6 Å². The SMILES string of the molecule is CC1NC(=O)CC1c1cccs1. The van der Waals surface area contributed by atoms with Gasteiger partial charge in [0.1, 0.15) is 0 Å². The Balaban J connectivity index is 2.20. The molecular formula is C9H11NOS. The lowest BCUT2D eigenvalue weighted by Gasteiger charge is -2.10. The lowest BCUT2D eigenvalue weighted by atomic mass is 10.0. The summed E-state index contributed by atoms with van der Waals surface area (Å²) in [6, 6.07) is 4.44. The zero-order valence-electron chi connectivity index (χ0n) is 6.91. The molecule has 1 aromatic rings. The van der Waals surface area contributed by atoms with Crippen LogP contribution in [0.1, 0.15) is 24.1 Å². The van der Waals surface area contributed by atoms with Gasteiger partial charge in [-0.3, -0.25) is 4.79 Å². The van der Waals surface area contributed by atoms with Crippen molar-refractivity contribution in [3.05, 3.63) is 22.4 Å². The van der Waals surface area contributed by atoms with Gasteiger partial charge in [-0.2, -0.15) is 0 Å². The quantitative estimate of drug-likeness (QED) is 0.702. The van der Waals surface area contributed by atoms with E-state index in [1.165, 1.54) is 4.88 Å². The highest BCUT2D eigenvalue weighted by Gasteiger charge is 2.30. The number of rotatable bonds is 1. The molecule has 1 aliphatic rings. The minimum Gasteiger partial charge on any atom is -0.353 e. The van der Waals surface area contributed by atoms with Gasteiger partial charge in [0, 0.05) is 23.3 Å². The summed E-state index contributed by atoms with van der Waals surface area (Å²) in [6.07, 6.45) is 0.654. The maximum absolute atomic E-state index is 11.1. The van der Waals surface area contributed by atoms with Gasteiger partial charge < -0.3 is 5.32 Å². The van der Waals surface area contributed by atoms with Crippen molar-refractivity contribution in [2.75, 3.05) is 0 Å². The second-order valence-electron chi connectivity index (χ2n) is 3.18. The van der Waals surface area contributed by atoms with Crippen molar-refractivity contribution in [1.82, 2.24) is 5.32 Å². The fourth-order valence-corrected chi connectivity index (χ4v) is 2.57. The van der Waals surface area contributed by atoms with Crippen LogP contribution in [0.15, 0.2) is 17.5 Å². The van der Waals surface area contributed by atoms with E-state index in [9.17, 15) is 4.79 Å². The van der Waals surface area contributed by atoms with E-state index in [4.69, 9.17) is 0 Å². The normalized spacial score (nSPS) is 28.9. The van der Waals surface area contributed by atoms with Gasteiger partial charge in [0.15, 0.2) is 0 Å². The van der Waals surface area contributed by atoms with E-state index in [1.807, 2.05) is 6.07 Å². The molecule has 0 spiro atoms. The lowest BCUT2D eigenvalue weighted by Crippen LogP contribution is -2.24. The van der Waals surface area contributed by atoms with Crippen molar-refractivity contribution < 1.29 is 4.79 Å².